The second-order valence-corrected chi connectivity index (χ2v) is 12.2. The molecule has 3 heteroatoms. The number of hydrogen-bond donors (Lipinski definition) is 1. The van der Waals surface area contributed by atoms with Gasteiger partial charge < -0.3 is 5.11 Å². The second-order valence-electron chi connectivity index (χ2n) is 12.2. The van der Waals surface area contributed by atoms with E-state index in [0.29, 0.717) is 30.5 Å². The monoisotopic (exact) mass is 414 g/mol. The van der Waals surface area contributed by atoms with Gasteiger partial charge in [-0.1, -0.05) is 52.7 Å². The van der Waals surface area contributed by atoms with Gasteiger partial charge in [0.25, 0.3) is 0 Å². The van der Waals surface area contributed by atoms with Crippen LogP contribution >= 0.6 is 0 Å². The van der Waals surface area contributed by atoms with E-state index in [1.165, 1.54) is 0 Å². The Labute approximate surface area is 183 Å². The lowest BCUT2D eigenvalue weighted by atomic mass is 9.44. The fourth-order valence-electron chi connectivity index (χ4n) is 8.37. The molecule has 4 aliphatic rings. The Hall–Kier alpha value is -0.960. The molecule has 0 heterocycles. The van der Waals surface area contributed by atoms with Gasteiger partial charge >= 0.3 is 0 Å². The molecule has 0 amide bonds. The van der Waals surface area contributed by atoms with Crippen molar-refractivity contribution in [2.24, 2.45) is 46.3 Å². The van der Waals surface area contributed by atoms with E-state index >= 15 is 0 Å². The molecule has 0 radical (unpaired) electrons. The minimum atomic E-state index is -0.763. The maximum atomic E-state index is 13.7. The SMILES string of the molecule is CC(C)CCC[C@](C)(O)[C@H]1CC[C@H]2[C@@H]3C(=O)C[C@@H]4CCC=C[C@]4(C)[C@H]3C(=O)C[C@@]21C. The van der Waals surface area contributed by atoms with Gasteiger partial charge in [-0.05, 0) is 73.5 Å². The molecule has 3 nitrogen and oxygen atoms in total. The van der Waals surface area contributed by atoms with Crippen LogP contribution in [0.15, 0.2) is 12.2 Å². The summed E-state index contributed by atoms with van der Waals surface area (Å²) in [5, 5.41) is 11.5. The van der Waals surface area contributed by atoms with Crippen molar-refractivity contribution in [3.05, 3.63) is 12.2 Å². The van der Waals surface area contributed by atoms with Gasteiger partial charge in [-0.25, -0.2) is 0 Å². The molecule has 0 spiro atoms. The lowest BCUT2D eigenvalue weighted by molar-refractivity contribution is -0.165. The maximum absolute atomic E-state index is 13.7. The van der Waals surface area contributed by atoms with Crippen LogP contribution in [0.3, 0.4) is 0 Å². The molecule has 0 aromatic carbocycles. The molecule has 0 aromatic rings. The summed E-state index contributed by atoms with van der Waals surface area (Å²) < 4.78 is 0. The summed E-state index contributed by atoms with van der Waals surface area (Å²) in [6.45, 7) is 10.9. The summed E-state index contributed by atoms with van der Waals surface area (Å²) >= 11 is 0. The van der Waals surface area contributed by atoms with Crippen LogP contribution in [0.2, 0.25) is 0 Å². The van der Waals surface area contributed by atoms with E-state index in [9.17, 15) is 14.7 Å². The minimum Gasteiger partial charge on any atom is -0.390 e. The number of fused-ring (bicyclic) bond motifs is 5. The zero-order valence-corrected chi connectivity index (χ0v) is 19.7. The standard InChI is InChI=1S/C27H42O3/c1-17(2)9-8-14-27(5,30)22-12-11-19-23-20(28)15-18-10-6-7-13-25(18,3)24(23)21(29)16-26(19,22)4/h7,13,17-19,22-24,30H,6,8-12,14-16H2,1-5H3/t18-,19-,22-,23+,24-,25-,26-,27-/m0/s1. The van der Waals surface area contributed by atoms with Crippen molar-refractivity contribution in [1.82, 2.24) is 0 Å². The van der Waals surface area contributed by atoms with Gasteiger partial charge in [0.2, 0.25) is 0 Å². The third-order valence-electron chi connectivity index (χ3n) is 9.85. The van der Waals surface area contributed by atoms with Crippen molar-refractivity contribution in [3.63, 3.8) is 0 Å². The van der Waals surface area contributed by atoms with E-state index in [2.05, 4.69) is 39.8 Å². The highest BCUT2D eigenvalue weighted by molar-refractivity contribution is 5.94. The highest BCUT2D eigenvalue weighted by Crippen LogP contribution is 2.66. The molecule has 4 rings (SSSR count). The first-order valence-electron chi connectivity index (χ1n) is 12.5. The number of rotatable bonds is 5. The van der Waals surface area contributed by atoms with Crippen molar-refractivity contribution in [1.29, 1.82) is 0 Å². The average molecular weight is 415 g/mol. The van der Waals surface area contributed by atoms with E-state index in [1.54, 1.807) is 0 Å². The number of hydrogen-bond acceptors (Lipinski definition) is 3. The topological polar surface area (TPSA) is 54.4 Å². The zero-order valence-electron chi connectivity index (χ0n) is 19.7. The molecule has 168 valence electrons. The molecule has 0 aliphatic heterocycles. The van der Waals surface area contributed by atoms with E-state index < -0.39 is 5.60 Å². The van der Waals surface area contributed by atoms with Crippen LogP contribution in [-0.4, -0.2) is 22.3 Å². The summed E-state index contributed by atoms with van der Waals surface area (Å²) in [5.74, 6) is 1.63. The van der Waals surface area contributed by atoms with Crippen LogP contribution < -0.4 is 0 Å². The zero-order chi connectivity index (χ0) is 21.9. The average Bonchev–Trinajstić information content (AvgIpc) is 2.98. The van der Waals surface area contributed by atoms with Crippen LogP contribution in [0.25, 0.3) is 0 Å². The van der Waals surface area contributed by atoms with Gasteiger partial charge in [-0.15, -0.1) is 0 Å². The normalized spacial score (nSPS) is 45.1. The number of carbonyl (C=O) groups is 2. The first kappa shape index (κ1) is 22.2. The molecule has 0 aromatic heterocycles. The third kappa shape index (κ3) is 3.34. The van der Waals surface area contributed by atoms with Crippen LogP contribution in [0.1, 0.15) is 92.4 Å². The highest BCUT2D eigenvalue weighted by Gasteiger charge is 2.66. The molecule has 3 fully saturated rings. The van der Waals surface area contributed by atoms with E-state index in [1.807, 2.05) is 6.92 Å². The summed E-state index contributed by atoms with van der Waals surface area (Å²) in [7, 11) is 0. The Bertz CT molecular complexity index is 734. The predicted molar refractivity (Wildman–Crippen MR) is 120 cm³/mol. The van der Waals surface area contributed by atoms with E-state index in [4.69, 9.17) is 0 Å². The summed E-state index contributed by atoms with van der Waals surface area (Å²) in [4.78, 5) is 27.1. The van der Waals surface area contributed by atoms with Gasteiger partial charge in [0, 0.05) is 24.7 Å². The molecule has 30 heavy (non-hydrogen) atoms. The predicted octanol–water partition coefficient (Wildman–Crippen LogP) is 5.75. The second kappa shape index (κ2) is 7.57. The van der Waals surface area contributed by atoms with Crippen LogP contribution in [-0.2, 0) is 9.59 Å². The molecular formula is C27H42O3. The van der Waals surface area contributed by atoms with Crippen molar-refractivity contribution >= 4 is 11.6 Å². The Morgan fingerprint density at radius 1 is 1.17 bits per heavy atom. The van der Waals surface area contributed by atoms with Crippen LogP contribution in [0.4, 0.5) is 0 Å². The Kier molecular flexibility index (Phi) is 5.61. The fraction of sp³-hybridized carbons (Fsp3) is 0.852. The Balaban J connectivity index is 1.63. The molecule has 1 N–H and O–H groups in total. The highest BCUT2D eigenvalue weighted by atomic mass is 16.3. The number of Topliss-reactive ketones (excluding diaryl/α,β-unsaturated/α-hetero) is 2. The summed E-state index contributed by atoms with van der Waals surface area (Å²) in [6, 6.07) is 0. The first-order chi connectivity index (χ1) is 14.0. The third-order valence-corrected chi connectivity index (χ3v) is 9.85. The van der Waals surface area contributed by atoms with Crippen molar-refractivity contribution in [2.45, 2.75) is 98.0 Å². The van der Waals surface area contributed by atoms with E-state index in [0.717, 1.165) is 44.9 Å². The lowest BCUT2D eigenvalue weighted by Crippen LogP contribution is -2.60. The van der Waals surface area contributed by atoms with Crippen LogP contribution in [0, 0.1) is 46.3 Å². The number of ketones is 2. The Morgan fingerprint density at radius 2 is 1.90 bits per heavy atom. The molecular weight excluding hydrogens is 372 g/mol. The van der Waals surface area contributed by atoms with Crippen molar-refractivity contribution in [2.75, 3.05) is 0 Å². The lowest BCUT2D eigenvalue weighted by Gasteiger charge is -2.58. The number of carbonyl (C=O) groups excluding carboxylic acids is 2. The number of allylic oxidation sites excluding steroid dienone is 2. The Morgan fingerprint density at radius 3 is 2.60 bits per heavy atom. The summed E-state index contributed by atoms with van der Waals surface area (Å²) in [5.41, 5.74) is -1.18. The molecule has 4 aliphatic carbocycles. The van der Waals surface area contributed by atoms with Gasteiger partial charge in [-0.3, -0.25) is 9.59 Å². The van der Waals surface area contributed by atoms with E-state index in [-0.39, 0.29) is 40.3 Å². The molecule has 0 saturated heterocycles. The largest absolute Gasteiger partial charge is 0.390 e. The van der Waals surface area contributed by atoms with Crippen molar-refractivity contribution < 1.29 is 14.7 Å². The number of aliphatic hydroxyl groups is 1. The molecule has 8 atom stereocenters. The smallest absolute Gasteiger partial charge is 0.138 e. The maximum Gasteiger partial charge on any atom is 0.138 e. The fourth-order valence-corrected chi connectivity index (χ4v) is 8.37. The van der Waals surface area contributed by atoms with Gasteiger partial charge in [0.15, 0.2) is 0 Å². The molecule has 0 unspecified atom stereocenters. The summed E-state index contributed by atoms with van der Waals surface area (Å²) in [6.07, 6.45) is 12.6. The molecule has 0 bridgehead atoms. The van der Waals surface area contributed by atoms with Gasteiger partial charge in [0.05, 0.1) is 5.60 Å². The quantitative estimate of drug-likeness (QED) is 0.583. The minimum absolute atomic E-state index is 0.104. The van der Waals surface area contributed by atoms with Crippen molar-refractivity contribution in [3.8, 4) is 0 Å². The van der Waals surface area contributed by atoms with Gasteiger partial charge in [0.1, 0.15) is 11.6 Å². The van der Waals surface area contributed by atoms with Crippen LogP contribution in [0.5, 0.6) is 0 Å². The van der Waals surface area contributed by atoms with Gasteiger partial charge in [-0.2, -0.15) is 0 Å². The molecule has 3 saturated carbocycles. The first-order valence-corrected chi connectivity index (χ1v) is 12.5.